The third-order valence-electron chi connectivity index (χ3n) is 2.38. The van der Waals surface area contributed by atoms with Crippen molar-refractivity contribution < 1.29 is 59.4 Å². The minimum Gasteiger partial charge on any atom is -0.468 e. The third kappa shape index (κ3) is 3.91. The van der Waals surface area contributed by atoms with Crippen LogP contribution in [0.15, 0.2) is 0 Å². The smallest absolute Gasteiger partial charge is 0.460 e. The van der Waals surface area contributed by atoms with Crippen LogP contribution in [0.3, 0.4) is 0 Å². The monoisotopic (exact) mass is 371 g/mol. The second-order valence-corrected chi connectivity index (χ2v) is 3.91. The number of hydrogen-bond acceptors (Lipinski definition) is 6. The van der Waals surface area contributed by atoms with Gasteiger partial charge in [0.1, 0.15) is 6.54 Å². The van der Waals surface area contributed by atoms with Gasteiger partial charge in [0, 0.05) is 0 Å². The van der Waals surface area contributed by atoms with Gasteiger partial charge in [-0.05, 0) is 0 Å². The molecule has 24 heavy (non-hydrogen) atoms. The zero-order valence-electron chi connectivity index (χ0n) is 11.7. The number of ether oxygens (including phenoxy) is 2. The minimum absolute atomic E-state index is 0.517. The molecule has 14 heteroatoms. The summed E-state index contributed by atoms with van der Waals surface area (Å²) in [6.45, 7) is -1.83. The van der Waals surface area contributed by atoms with Crippen LogP contribution in [0.25, 0.3) is 0 Å². The predicted molar refractivity (Wildman–Crippen MR) is 56.7 cm³/mol. The molecule has 0 aromatic rings. The molecule has 0 radical (unpaired) electrons. The number of nitrogens with zero attached hydrogens (tertiary/aromatic N) is 1. The van der Waals surface area contributed by atoms with Crippen molar-refractivity contribution in [2.45, 2.75) is 18.0 Å². The van der Waals surface area contributed by atoms with Crippen LogP contribution in [0.2, 0.25) is 0 Å². The number of amides is 2. The number of alkyl halides is 7. The highest BCUT2D eigenvalue weighted by molar-refractivity contribution is 6.36. The van der Waals surface area contributed by atoms with Crippen LogP contribution in [0.4, 0.5) is 30.7 Å². The number of imide groups is 1. The summed E-state index contributed by atoms with van der Waals surface area (Å²) in [5.74, 6) is -22.9. The number of carbonyl (C=O) groups is 4. The molecule has 0 aromatic heterocycles. The molecule has 0 N–H and O–H groups in total. The average molecular weight is 371 g/mol. The topological polar surface area (TPSA) is 90.0 Å². The molecule has 0 heterocycles. The molecule has 0 bridgehead atoms. The Kier molecular flexibility index (Phi) is 6.30. The second-order valence-electron chi connectivity index (χ2n) is 3.91. The van der Waals surface area contributed by atoms with E-state index in [-0.39, 0.29) is 0 Å². The fraction of sp³-hybridized carbons (Fsp3) is 0.600. The molecule has 2 amide bonds. The molecule has 0 fully saturated rings. The van der Waals surface area contributed by atoms with Gasteiger partial charge in [0.25, 0.3) is 0 Å². The van der Waals surface area contributed by atoms with Crippen LogP contribution in [-0.4, -0.2) is 67.4 Å². The summed E-state index contributed by atoms with van der Waals surface area (Å²) in [5, 5.41) is 0. The normalized spacial score (nSPS) is 12.4. The van der Waals surface area contributed by atoms with Crippen LogP contribution in [0.1, 0.15) is 0 Å². The Morgan fingerprint density at radius 2 is 1.33 bits per heavy atom. The Hall–Kier alpha value is -2.41. The predicted octanol–water partition coefficient (Wildman–Crippen LogP) is 0.520. The quantitative estimate of drug-likeness (QED) is 0.407. The van der Waals surface area contributed by atoms with Gasteiger partial charge in [0.05, 0.1) is 14.2 Å². The summed E-state index contributed by atoms with van der Waals surface area (Å²) in [6, 6.07) is 0. The molecule has 0 aliphatic heterocycles. The van der Waals surface area contributed by atoms with Gasteiger partial charge in [-0.3, -0.25) is 19.3 Å². The summed E-state index contributed by atoms with van der Waals surface area (Å²) in [5.41, 5.74) is 0. The molecule has 0 atom stereocenters. The Bertz CT molecular complexity index is 544. The van der Waals surface area contributed by atoms with Crippen molar-refractivity contribution in [3.63, 3.8) is 0 Å². The molecule has 0 spiro atoms. The van der Waals surface area contributed by atoms with Gasteiger partial charge >= 0.3 is 41.8 Å². The first-order valence-electron chi connectivity index (χ1n) is 5.48. The van der Waals surface area contributed by atoms with Crippen molar-refractivity contribution in [1.82, 2.24) is 4.90 Å². The van der Waals surface area contributed by atoms with E-state index in [1.165, 1.54) is 0 Å². The van der Waals surface area contributed by atoms with Crippen molar-refractivity contribution in [2.75, 3.05) is 20.8 Å². The lowest BCUT2D eigenvalue weighted by Crippen LogP contribution is -2.62. The summed E-state index contributed by atoms with van der Waals surface area (Å²) in [6.07, 6.45) is -6.86. The van der Waals surface area contributed by atoms with E-state index in [0.29, 0.717) is 14.2 Å². The Labute approximate surface area is 128 Å². The number of halogens is 7. The maximum atomic E-state index is 13.3. The molecule has 0 aliphatic rings. The van der Waals surface area contributed by atoms with E-state index in [1.807, 2.05) is 0 Å². The Balaban J connectivity index is 5.95. The number of carbonyl (C=O) groups excluding carboxylic acids is 4. The molecule has 7 nitrogen and oxygen atoms in total. The van der Waals surface area contributed by atoms with Crippen LogP contribution in [0.5, 0.6) is 0 Å². The lowest BCUT2D eigenvalue weighted by Gasteiger charge is -2.30. The van der Waals surface area contributed by atoms with E-state index in [2.05, 4.69) is 9.47 Å². The van der Waals surface area contributed by atoms with Crippen LogP contribution in [0, 0.1) is 0 Å². The number of rotatable bonds is 4. The third-order valence-corrected chi connectivity index (χ3v) is 2.38. The average Bonchev–Trinajstić information content (AvgIpc) is 2.48. The van der Waals surface area contributed by atoms with Crippen molar-refractivity contribution >= 4 is 23.8 Å². The van der Waals surface area contributed by atoms with Gasteiger partial charge in [-0.15, -0.1) is 0 Å². The molecule has 0 saturated carbocycles. The highest BCUT2D eigenvalue weighted by Gasteiger charge is 2.77. The summed E-state index contributed by atoms with van der Waals surface area (Å²) >= 11 is 0. The van der Waals surface area contributed by atoms with E-state index < -0.39 is 53.2 Å². The second kappa shape index (κ2) is 7.00. The number of hydrogen-bond donors (Lipinski definition) is 0. The Morgan fingerprint density at radius 3 is 1.67 bits per heavy atom. The van der Waals surface area contributed by atoms with Crippen LogP contribution >= 0.6 is 0 Å². The molecule has 0 aliphatic carbocycles. The first-order chi connectivity index (χ1) is 10.6. The first kappa shape index (κ1) is 21.6. The fourth-order valence-electron chi connectivity index (χ4n) is 1.11. The lowest BCUT2D eigenvalue weighted by molar-refractivity contribution is -0.345. The van der Waals surface area contributed by atoms with Gasteiger partial charge in [0.15, 0.2) is 0 Å². The number of esters is 2. The van der Waals surface area contributed by atoms with Crippen molar-refractivity contribution in [3.05, 3.63) is 0 Å². The molecular formula is C10H8F7NO6. The van der Waals surface area contributed by atoms with Gasteiger partial charge < -0.3 is 9.47 Å². The Morgan fingerprint density at radius 1 is 0.875 bits per heavy atom. The molecule has 0 unspecified atom stereocenters. The maximum absolute atomic E-state index is 13.3. The summed E-state index contributed by atoms with van der Waals surface area (Å²) < 4.78 is 96.0. The van der Waals surface area contributed by atoms with Gasteiger partial charge in [0.2, 0.25) is 0 Å². The standard InChI is InChI=1S/C10H8F7NO6/c1-23-4(19)3-18(5(20)6(21)24-2)7(22)8(11,12)9(13,14)10(15,16)17/h3H2,1-2H3. The van der Waals surface area contributed by atoms with E-state index in [9.17, 15) is 49.9 Å². The largest absolute Gasteiger partial charge is 0.468 e. The molecule has 0 rings (SSSR count). The summed E-state index contributed by atoms with van der Waals surface area (Å²) in [7, 11) is 1.14. The van der Waals surface area contributed by atoms with Crippen LogP contribution in [-0.2, 0) is 28.7 Å². The van der Waals surface area contributed by atoms with Crippen molar-refractivity contribution in [3.8, 4) is 0 Å². The first-order valence-corrected chi connectivity index (χ1v) is 5.48. The van der Waals surface area contributed by atoms with Crippen molar-refractivity contribution in [1.29, 1.82) is 0 Å². The van der Waals surface area contributed by atoms with Crippen LogP contribution < -0.4 is 0 Å². The van der Waals surface area contributed by atoms with Gasteiger partial charge in [-0.1, -0.05) is 0 Å². The van der Waals surface area contributed by atoms with Gasteiger partial charge in [-0.25, -0.2) is 4.79 Å². The zero-order chi connectivity index (χ0) is 19.5. The fourth-order valence-corrected chi connectivity index (χ4v) is 1.11. The molecular weight excluding hydrogens is 363 g/mol. The highest BCUT2D eigenvalue weighted by atomic mass is 19.4. The van der Waals surface area contributed by atoms with Gasteiger partial charge in [-0.2, -0.15) is 30.7 Å². The van der Waals surface area contributed by atoms with E-state index >= 15 is 0 Å². The zero-order valence-corrected chi connectivity index (χ0v) is 11.7. The van der Waals surface area contributed by atoms with E-state index in [4.69, 9.17) is 0 Å². The number of methoxy groups -OCH3 is 2. The molecule has 0 saturated heterocycles. The maximum Gasteiger partial charge on any atom is 0.460 e. The van der Waals surface area contributed by atoms with E-state index in [0.717, 1.165) is 0 Å². The van der Waals surface area contributed by atoms with Crippen molar-refractivity contribution in [2.24, 2.45) is 0 Å². The SMILES string of the molecule is COC(=O)CN(C(=O)C(=O)OC)C(=O)C(F)(F)C(F)(F)C(F)(F)F. The summed E-state index contributed by atoms with van der Waals surface area (Å²) in [4.78, 5) is 43.4. The lowest BCUT2D eigenvalue weighted by atomic mass is 10.1. The van der Waals surface area contributed by atoms with E-state index in [1.54, 1.807) is 0 Å². The molecule has 0 aromatic carbocycles. The highest BCUT2D eigenvalue weighted by Crippen LogP contribution is 2.47. The minimum atomic E-state index is -6.89. The molecule has 138 valence electrons.